The van der Waals surface area contributed by atoms with E-state index in [-0.39, 0.29) is 30.3 Å². The lowest BCUT2D eigenvalue weighted by atomic mass is 9.51. The van der Waals surface area contributed by atoms with Crippen molar-refractivity contribution in [3.8, 4) is 0 Å². The molecule has 1 spiro atoms. The van der Waals surface area contributed by atoms with Gasteiger partial charge in [-0.3, -0.25) is 9.59 Å². The van der Waals surface area contributed by atoms with E-state index >= 15 is 0 Å². The van der Waals surface area contributed by atoms with Gasteiger partial charge in [0.05, 0.1) is 18.6 Å². The Bertz CT molecular complexity index is 887. The maximum atomic E-state index is 12.6. The number of furan rings is 1. The number of cyclic esters (lactones) is 1. The molecule has 0 amide bonds. The summed E-state index contributed by atoms with van der Waals surface area (Å²) < 4.78 is 21.7. The van der Waals surface area contributed by atoms with Crippen LogP contribution in [0.25, 0.3) is 0 Å². The molecule has 0 unspecified atom stereocenters. The van der Waals surface area contributed by atoms with Gasteiger partial charge >= 0.3 is 17.9 Å². The maximum absolute atomic E-state index is 12.6. The molecule has 8 heteroatoms. The van der Waals surface area contributed by atoms with Crippen LogP contribution < -0.4 is 0 Å². The average Bonchev–Trinajstić information content (AvgIpc) is 3.33. The molecule has 0 bridgehead atoms. The fourth-order valence-corrected chi connectivity index (χ4v) is 5.81. The van der Waals surface area contributed by atoms with E-state index in [2.05, 4.69) is 0 Å². The van der Waals surface area contributed by atoms with Crippen molar-refractivity contribution in [2.24, 2.45) is 23.2 Å². The van der Waals surface area contributed by atoms with Crippen LogP contribution in [0.5, 0.6) is 0 Å². The van der Waals surface area contributed by atoms with E-state index in [0.717, 1.165) is 0 Å². The summed E-state index contributed by atoms with van der Waals surface area (Å²) in [5, 5.41) is 10.9. The van der Waals surface area contributed by atoms with Crippen LogP contribution in [0.3, 0.4) is 0 Å². The number of aliphatic hydroxyl groups excluding tert-OH is 1. The van der Waals surface area contributed by atoms with Crippen LogP contribution >= 0.6 is 0 Å². The van der Waals surface area contributed by atoms with E-state index in [9.17, 15) is 19.5 Å². The van der Waals surface area contributed by atoms with E-state index < -0.39 is 35.7 Å². The second-order valence-corrected chi connectivity index (χ2v) is 8.99. The molecule has 1 aromatic rings. The normalized spacial score (nSPS) is 35.3. The molecule has 1 saturated heterocycles. The predicted molar refractivity (Wildman–Crippen MR) is 106 cm³/mol. The molecule has 168 valence electrons. The third kappa shape index (κ3) is 3.89. The van der Waals surface area contributed by atoms with E-state index in [0.29, 0.717) is 30.4 Å². The SMILES string of the molecule is CC(=O)O[C@@H]1C=C2C(=O)OC[C@]23C[C@@H](OC(C)=O)[C@@H](C)[C@H](C[C@@H](O)c2ccoc2)[C@H]3C1. The number of aliphatic hydroxyl groups is 1. The summed E-state index contributed by atoms with van der Waals surface area (Å²) in [6, 6.07) is 1.72. The number of carbonyl (C=O) groups is 3. The average molecular weight is 432 g/mol. The molecule has 2 fully saturated rings. The fraction of sp³-hybridized carbons (Fsp3) is 0.609. The first kappa shape index (κ1) is 21.6. The molecule has 4 rings (SSSR count). The van der Waals surface area contributed by atoms with Gasteiger partial charge in [-0.2, -0.15) is 0 Å². The molecular formula is C23H28O8. The summed E-state index contributed by atoms with van der Waals surface area (Å²) >= 11 is 0. The first-order chi connectivity index (χ1) is 14.7. The van der Waals surface area contributed by atoms with Crippen LogP contribution in [0.15, 0.2) is 34.7 Å². The van der Waals surface area contributed by atoms with Gasteiger partial charge in [0.1, 0.15) is 18.8 Å². The van der Waals surface area contributed by atoms with Crippen molar-refractivity contribution < 1.29 is 38.1 Å². The monoisotopic (exact) mass is 432 g/mol. The molecule has 2 heterocycles. The van der Waals surface area contributed by atoms with Crippen LogP contribution in [0.2, 0.25) is 0 Å². The summed E-state index contributed by atoms with van der Waals surface area (Å²) in [5.74, 6) is -1.50. The summed E-state index contributed by atoms with van der Waals surface area (Å²) in [6.07, 6.45) is 4.33. The topological polar surface area (TPSA) is 112 Å². The van der Waals surface area contributed by atoms with Crippen molar-refractivity contribution in [1.82, 2.24) is 0 Å². The largest absolute Gasteiger partial charge is 0.472 e. The first-order valence-electron chi connectivity index (χ1n) is 10.7. The second-order valence-electron chi connectivity index (χ2n) is 8.99. The van der Waals surface area contributed by atoms with Gasteiger partial charge in [0, 0.05) is 30.4 Å². The van der Waals surface area contributed by atoms with Gasteiger partial charge in [-0.1, -0.05) is 6.92 Å². The van der Waals surface area contributed by atoms with Crippen molar-refractivity contribution in [2.45, 2.75) is 58.3 Å². The number of hydrogen-bond acceptors (Lipinski definition) is 8. The van der Waals surface area contributed by atoms with Crippen LogP contribution in [0.1, 0.15) is 51.7 Å². The Labute approximate surface area is 180 Å². The van der Waals surface area contributed by atoms with Gasteiger partial charge in [-0.05, 0) is 49.2 Å². The molecule has 8 nitrogen and oxygen atoms in total. The van der Waals surface area contributed by atoms with Crippen LogP contribution in [-0.2, 0) is 28.6 Å². The highest BCUT2D eigenvalue weighted by Crippen LogP contribution is 2.60. The highest BCUT2D eigenvalue weighted by molar-refractivity contribution is 5.93. The smallest absolute Gasteiger partial charge is 0.334 e. The minimum absolute atomic E-state index is 0.0749. The van der Waals surface area contributed by atoms with E-state index in [4.69, 9.17) is 18.6 Å². The molecule has 0 aromatic carbocycles. The van der Waals surface area contributed by atoms with Crippen LogP contribution in [0.4, 0.5) is 0 Å². The quantitative estimate of drug-likeness (QED) is 0.558. The zero-order valence-corrected chi connectivity index (χ0v) is 17.9. The fourth-order valence-electron chi connectivity index (χ4n) is 5.81. The molecule has 7 atom stereocenters. The van der Waals surface area contributed by atoms with E-state index in [1.54, 1.807) is 12.1 Å². The van der Waals surface area contributed by atoms with Gasteiger partial charge in [-0.25, -0.2) is 4.79 Å². The Morgan fingerprint density at radius 3 is 2.68 bits per heavy atom. The van der Waals surface area contributed by atoms with Gasteiger partial charge in [-0.15, -0.1) is 0 Å². The third-order valence-corrected chi connectivity index (χ3v) is 7.17. The van der Waals surface area contributed by atoms with Crippen molar-refractivity contribution in [3.63, 3.8) is 0 Å². The molecule has 1 aromatic heterocycles. The van der Waals surface area contributed by atoms with E-state index in [1.165, 1.54) is 26.4 Å². The third-order valence-electron chi connectivity index (χ3n) is 7.17. The minimum Gasteiger partial charge on any atom is -0.472 e. The zero-order valence-electron chi connectivity index (χ0n) is 17.9. The number of esters is 3. The van der Waals surface area contributed by atoms with E-state index in [1.807, 2.05) is 6.92 Å². The van der Waals surface area contributed by atoms with Crippen molar-refractivity contribution in [3.05, 3.63) is 35.8 Å². The molecule has 1 N–H and O–H groups in total. The Balaban J connectivity index is 1.73. The summed E-state index contributed by atoms with van der Waals surface area (Å²) in [6.45, 7) is 4.91. The summed E-state index contributed by atoms with van der Waals surface area (Å²) in [7, 11) is 0. The van der Waals surface area contributed by atoms with Gasteiger partial charge in [0.15, 0.2) is 0 Å². The lowest BCUT2D eigenvalue weighted by Gasteiger charge is -2.53. The van der Waals surface area contributed by atoms with Crippen LogP contribution in [-0.4, -0.2) is 41.8 Å². The lowest BCUT2D eigenvalue weighted by Crippen LogP contribution is -2.54. The Kier molecular flexibility index (Phi) is 5.68. The maximum Gasteiger partial charge on any atom is 0.334 e. The molecular weight excluding hydrogens is 404 g/mol. The number of carbonyl (C=O) groups excluding carboxylic acids is 3. The Morgan fingerprint density at radius 1 is 1.29 bits per heavy atom. The molecule has 0 radical (unpaired) electrons. The molecule has 1 aliphatic heterocycles. The standard InChI is InChI=1S/C23H28O8/c1-12-17(8-20(26)15-4-5-28-10-15)18-6-16(30-13(2)24)7-19-22(27)29-11-23(18,19)9-21(12)31-14(3)25/h4-5,7,10,12,16-18,20-21,26H,6,8-9,11H2,1-3H3/t12-,16-,17-,18+,20+,21+,23-/m0/s1. The predicted octanol–water partition coefficient (Wildman–Crippen LogP) is 2.71. The molecule has 3 aliphatic rings. The Hall–Kier alpha value is -2.61. The summed E-state index contributed by atoms with van der Waals surface area (Å²) in [5.41, 5.74) is 0.515. The first-order valence-corrected chi connectivity index (χ1v) is 10.7. The zero-order chi connectivity index (χ0) is 22.3. The van der Waals surface area contributed by atoms with Crippen molar-refractivity contribution in [2.75, 3.05) is 6.61 Å². The van der Waals surface area contributed by atoms with Gasteiger partial charge in [0.2, 0.25) is 0 Å². The highest BCUT2D eigenvalue weighted by Gasteiger charge is 2.61. The molecule has 1 saturated carbocycles. The lowest BCUT2D eigenvalue weighted by molar-refractivity contribution is -0.165. The minimum atomic E-state index is -0.779. The number of hydrogen-bond donors (Lipinski definition) is 1. The van der Waals surface area contributed by atoms with Crippen LogP contribution in [0, 0.1) is 23.2 Å². The Morgan fingerprint density at radius 2 is 2.03 bits per heavy atom. The van der Waals surface area contributed by atoms with Gasteiger partial charge < -0.3 is 23.7 Å². The molecule has 31 heavy (non-hydrogen) atoms. The molecule has 2 aliphatic carbocycles. The van der Waals surface area contributed by atoms with Gasteiger partial charge in [0.25, 0.3) is 0 Å². The number of ether oxygens (including phenoxy) is 3. The summed E-state index contributed by atoms with van der Waals surface area (Å²) in [4.78, 5) is 36.0. The van der Waals surface area contributed by atoms with Crippen molar-refractivity contribution >= 4 is 17.9 Å². The highest BCUT2D eigenvalue weighted by atomic mass is 16.6. The second kappa shape index (κ2) is 8.15. The van der Waals surface area contributed by atoms with Crippen molar-refractivity contribution in [1.29, 1.82) is 0 Å². The number of rotatable bonds is 5.